The molecule has 9 heteroatoms. The Hall–Kier alpha value is -3.72. The van der Waals surface area contributed by atoms with Crippen LogP contribution in [0.3, 0.4) is 0 Å². The van der Waals surface area contributed by atoms with Crippen LogP contribution in [0.2, 0.25) is 0 Å². The van der Waals surface area contributed by atoms with Gasteiger partial charge in [0.05, 0.1) is 12.1 Å². The Morgan fingerprint density at radius 1 is 1.22 bits per heavy atom. The molecule has 0 saturated carbocycles. The van der Waals surface area contributed by atoms with Crippen LogP contribution >= 0.6 is 0 Å². The van der Waals surface area contributed by atoms with Gasteiger partial charge in [-0.15, -0.1) is 0 Å². The summed E-state index contributed by atoms with van der Waals surface area (Å²) in [6.45, 7) is 4.98. The number of hydrogen-bond donors (Lipinski definition) is 2. The average Bonchev–Trinajstić information content (AvgIpc) is 3.48. The van der Waals surface area contributed by atoms with Gasteiger partial charge in [-0.2, -0.15) is 0 Å². The number of amides is 2. The molecule has 2 aliphatic heterocycles. The van der Waals surface area contributed by atoms with E-state index in [0.717, 1.165) is 35.2 Å². The zero-order valence-corrected chi connectivity index (χ0v) is 20.4. The van der Waals surface area contributed by atoms with E-state index in [1.54, 1.807) is 36.7 Å². The number of nitrogens with zero attached hydrogens (tertiary/aromatic N) is 4. The Balaban J connectivity index is 1.14. The topological polar surface area (TPSA) is 108 Å². The number of likely N-dealkylation sites (tertiary alicyclic amines) is 1. The molecule has 1 atom stereocenters. The molecule has 3 aromatic rings. The second-order valence-electron chi connectivity index (χ2n) is 9.61. The van der Waals surface area contributed by atoms with Crippen LogP contribution in [0.15, 0.2) is 48.8 Å². The summed E-state index contributed by atoms with van der Waals surface area (Å²) in [6, 6.07) is 10.8. The molecule has 2 saturated heterocycles. The van der Waals surface area contributed by atoms with Gasteiger partial charge in [0, 0.05) is 67.3 Å². The highest BCUT2D eigenvalue weighted by atomic mass is 16.5. The van der Waals surface area contributed by atoms with E-state index < -0.39 is 5.60 Å². The van der Waals surface area contributed by atoms with Crippen LogP contribution in [-0.4, -0.2) is 76.7 Å². The van der Waals surface area contributed by atoms with Crippen molar-refractivity contribution in [2.45, 2.75) is 31.8 Å². The van der Waals surface area contributed by atoms with Crippen LogP contribution in [0.4, 0.5) is 5.69 Å². The zero-order valence-electron chi connectivity index (χ0n) is 20.4. The largest absolute Gasteiger partial charge is 0.492 e. The highest BCUT2D eigenvalue weighted by Crippen LogP contribution is 2.32. The highest BCUT2D eigenvalue weighted by molar-refractivity contribution is 5.94. The molecule has 2 fully saturated rings. The quantitative estimate of drug-likeness (QED) is 0.500. The normalized spacial score (nSPS) is 19.8. The van der Waals surface area contributed by atoms with Crippen LogP contribution in [0, 0.1) is 6.92 Å². The predicted molar refractivity (Wildman–Crippen MR) is 136 cm³/mol. The third kappa shape index (κ3) is 5.26. The molecular weight excluding hydrogens is 458 g/mol. The van der Waals surface area contributed by atoms with Gasteiger partial charge in [-0.3, -0.25) is 19.6 Å². The molecule has 0 aliphatic carbocycles. The molecule has 2 aromatic heterocycles. The van der Waals surface area contributed by atoms with E-state index in [1.165, 1.54) is 0 Å². The maximum absolute atomic E-state index is 12.7. The lowest BCUT2D eigenvalue weighted by Crippen LogP contribution is -2.45. The van der Waals surface area contributed by atoms with Crippen molar-refractivity contribution in [2.75, 3.05) is 44.2 Å². The third-order valence-electron chi connectivity index (χ3n) is 6.89. The number of β-amino-alcohol motifs (C(OH)–C–C–N with tert-alkyl or cyclic N) is 1. The lowest BCUT2D eigenvalue weighted by molar-refractivity contribution is -0.128. The van der Waals surface area contributed by atoms with Crippen LogP contribution in [-0.2, 0) is 4.79 Å². The molecule has 5 rings (SSSR count). The van der Waals surface area contributed by atoms with Gasteiger partial charge in [-0.25, -0.2) is 0 Å². The molecule has 0 unspecified atom stereocenters. The van der Waals surface area contributed by atoms with Crippen LogP contribution in [0.5, 0.6) is 5.75 Å². The van der Waals surface area contributed by atoms with E-state index in [9.17, 15) is 14.7 Å². The second-order valence-corrected chi connectivity index (χ2v) is 9.61. The van der Waals surface area contributed by atoms with Gasteiger partial charge in [0.2, 0.25) is 5.91 Å². The number of aromatic nitrogens is 2. The Kier molecular flexibility index (Phi) is 6.73. The van der Waals surface area contributed by atoms with Crippen LogP contribution in [0.25, 0.3) is 10.9 Å². The maximum Gasteiger partial charge on any atom is 0.251 e. The number of nitrogens with one attached hydrogen (secondary N) is 1. The molecule has 188 valence electrons. The first kappa shape index (κ1) is 24.0. The summed E-state index contributed by atoms with van der Waals surface area (Å²) < 4.78 is 5.72. The number of benzene rings is 1. The maximum atomic E-state index is 12.7. The van der Waals surface area contributed by atoms with Crippen molar-refractivity contribution in [3.63, 3.8) is 0 Å². The van der Waals surface area contributed by atoms with Gasteiger partial charge in [-0.05, 0) is 56.2 Å². The fourth-order valence-electron chi connectivity index (χ4n) is 4.91. The minimum absolute atomic E-state index is 0.157. The number of rotatable bonds is 8. The number of hydrogen-bond acceptors (Lipinski definition) is 7. The summed E-state index contributed by atoms with van der Waals surface area (Å²) in [5, 5.41) is 15.0. The predicted octanol–water partition coefficient (Wildman–Crippen LogP) is 2.31. The van der Waals surface area contributed by atoms with Crippen molar-refractivity contribution in [1.29, 1.82) is 0 Å². The standard InChI is InChI=1S/C27H31N5O4/c1-19-15-24(22-16-28-10-8-23(22)30-19)32-12-9-27(35,18-32)17-29-26(34)20-4-6-21(7-5-20)36-14-13-31-11-2-3-25(31)33/h4-8,10,15-16,35H,2-3,9,11-14,17-18H2,1H3,(H,29,34)/t27-/m1/s1. The molecular formula is C27H31N5O4. The number of pyridine rings is 2. The number of aryl methyl sites for hydroxylation is 1. The fourth-order valence-corrected chi connectivity index (χ4v) is 4.91. The molecule has 2 N–H and O–H groups in total. The number of fused-ring (bicyclic) bond motifs is 1. The first-order valence-corrected chi connectivity index (χ1v) is 12.4. The summed E-state index contributed by atoms with van der Waals surface area (Å²) in [6.07, 6.45) is 5.60. The Bertz CT molecular complexity index is 1260. The highest BCUT2D eigenvalue weighted by Gasteiger charge is 2.37. The molecule has 0 radical (unpaired) electrons. The molecule has 0 bridgehead atoms. The molecule has 2 amide bonds. The molecule has 1 aromatic carbocycles. The average molecular weight is 490 g/mol. The molecule has 9 nitrogen and oxygen atoms in total. The van der Waals surface area contributed by atoms with Crippen LogP contribution in [0.1, 0.15) is 35.3 Å². The first-order valence-electron chi connectivity index (χ1n) is 12.4. The number of carbonyl (C=O) groups excluding carboxylic acids is 2. The molecule has 2 aliphatic rings. The van der Waals surface area contributed by atoms with E-state index in [2.05, 4.69) is 20.2 Å². The molecule has 4 heterocycles. The van der Waals surface area contributed by atoms with Crippen molar-refractivity contribution in [2.24, 2.45) is 0 Å². The summed E-state index contributed by atoms with van der Waals surface area (Å²) in [5.41, 5.74) is 2.25. The zero-order chi connectivity index (χ0) is 25.1. The summed E-state index contributed by atoms with van der Waals surface area (Å²) >= 11 is 0. The second kappa shape index (κ2) is 10.1. The lowest BCUT2D eigenvalue weighted by atomic mass is 10.0. The smallest absolute Gasteiger partial charge is 0.251 e. The minimum atomic E-state index is -1.03. The molecule has 36 heavy (non-hydrogen) atoms. The molecule has 0 spiro atoms. The first-order chi connectivity index (χ1) is 17.4. The van der Waals surface area contributed by atoms with Crippen molar-refractivity contribution in [3.8, 4) is 5.75 Å². The lowest BCUT2D eigenvalue weighted by Gasteiger charge is -2.25. The minimum Gasteiger partial charge on any atom is -0.492 e. The van der Waals surface area contributed by atoms with Gasteiger partial charge in [0.25, 0.3) is 5.91 Å². The van der Waals surface area contributed by atoms with Gasteiger partial charge in [-0.1, -0.05) is 0 Å². The summed E-state index contributed by atoms with van der Waals surface area (Å²) in [4.78, 5) is 37.1. The Morgan fingerprint density at radius 3 is 2.83 bits per heavy atom. The van der Waals surface area contributed by atoms with E-state index in [0.29, 0.717) is 50.4 Å². The number of aliphatic hydroxyl groups is 1. The summed E-state index contributed by atoms with van der Waals surface area (Å²) in [5.74, 6) is 0.585. The van der Waals surface area contributed by atoms with Gasteiger partial charge >= 0.3 is 0 Å². The van der Waals surface area contributed by atoms with E-state index in [-0.39, 0.29) is 18.4 Å². The van der Waals surface area contributed by atoms with Crippen molar-refractivity contribution < 1.29 is 19.4 Å². The number of anilines is 1. The summed E-state index contributed by atoms with van der Waals surface area (Å²) in [7, 11) is 0. The van der Waals surface area contributed by atoms with Gasteiger partial charge < -0.3 is 25.0 Å². The third-order valence-corrected chi connectivity index (χ3v) is 6.89. The van der Waals surface area contributed by atoms with E-state index in [1.807, 2.05) is 24.0 Å². The van der Waals surface area contributed by atoms with E-state index in [4.69, 9.17) is 4.74 Å². The van der Waals surface area contributed by atoms with Crippen molar-refractivity contribution in [1.82, 2.24) is 20.2 Å². The SMILES string of the molecule is Cc1cc(N2CC[C@@](O)(CNC(=O)c3ccc(OCCN4CCCC4=O)cc3)C2)c2cnccc2n1. The Morgan fingerprint density at radius 2 is 2.06 bits per heavy atom. The van der Waals surface area contributed by atoms with Crippen LogP contribution < -0.4 is 15.0 Å². The Labute approximate surface area is 210 Å². The number of carbonyl (C=O) groups is 2. The van der Waals surface area contributed by atoms with Crippen molar-refractivity contribution >= 4 is 28.4 Å². The van der Waals surface area contributed by atoms with E-state index >= 15 is 0 Å². The fraction of sp³-hybridized carbons (Fsp3) is 0.407. The van der Waals surface area contributed by atoms with Gasteiger partial charge in [0.1, 0.15) is 18.0 Å². The van der Waals surface area contributed by atoms with Gasteiger partial charge in [0.15, 0.2) is 0 Å². The number of ether oxygens (including phenoxy) is 1. The van der Waals surface area contributed by atoms with Crippen molar-refractivity contribution in [3.05, 3.63) is 60.0 Å². The monoisotopic (exact) mass is 489 g/mol.